The smallest absolute Gasteiger partial charge is 0.119 e. The summed E-state index contributed by atoms with van der Waals surface area (Å²) in [6.45, 7) is 2.79. The van der Waals surface area contributed by atoms with Crippen molar-refractivity contribution < 1.29 is 4.74 Å². The zero-order chi connectivity index (χ0) is 15.0. The third kappa shape index (κ3) is 4.50. The Hall–Kier alpha value is -2.00. The van der Waals surface area contributed by atoms with E-state index in [0.29, 0.717) is 6.04 Å². The first-order valence-electron chi connectivity index (χ1n) is 8.14. The van der Waals surface area contributed by atoms with Crippen LogP contribution in [0.4, 0.5) is 5.69 Å². The summed E-state index contributed by atoms with van der Waals surface area (Å²) < 4.78 is 5.82. The lowest BCUT2D eigenvalue weighted by atomic mass is 10.2. The molecule has 1 fully saturated rings. The summed E-state index contributed by atoms with van der Waals surface area (Å²) in [5, 5.41) is 6.92. The lowest BCUT2D eigenvalue weighted by molar-refractivity contribution is 0.292. The van der Waals surface area contributed by atoms with Gasteiger partial charge >= 0.3 is 0 Å². The van der Waals surface area contributed by atoms with Crippen LogP contribution in [0.1, 0.15) is 24.8 Å². The molecule has 0 spiro atoms. The molecule has 1 heterocycles. The Morgan fingerprint density at radius 1 is 1.05 bits per heavy atom. The van der Waals surface area contributed by atoms with E-state index < -0.39 is 0 Å². The third-order valence-electron chi connectivity index (χ3n) is 4.09. The van der Waals surface area contributed by atoms with Crippen LogP contribution in [-0.2, 0) is 6.54 Å². The Kier molecular flexibility index (Phi) is 5.32. The number of hydrogen-bond acceptors (Lipinski definition) is 3. The maximum atomic E-state index is 5.82. The summed E-state index contributed by atoms with van der Waals surface area (Å²) in [5.41, 5.74) is 2.40. The molecule has 116 valence electrons. The summed E-state index contributed by atoms with van der Waals surface area (Å²) >= 11 is 0. The van der Waals surface area contributed by atoms with Gasteiger partial charge in [-0.15, -0.1) is 0 Å². The molecule has 3 heteroatoms. The van der Waals surface area contributed by atoms with Gasteiger partial charge in [0.25, 0.3) is 0 Å². The highest BCUT2D eigenvalue weighted by Gasteiger charge is 2.13. The van der Waals surface area contributed by atoms with Crippen molar-refractivity contribution in [3.05, 3.63) is 60.2 Å². The Bertz CT molecular complexity index is 547. The first kappa shape index (κ1) is 14.9. The quantitative estimate of drug-likeness (QED) is 0.815. The third-order valence-corrected chi connectivity index (χ3v) is 4.09. The second kappa shape index (κ2) is 7.85. The molecule has 1 aliphatic heterocycles. The minimum absolute atomic E-state index is 0.645. The van der Waals surface area contributed by atoms with Crippen LogP contribution >= 0.6 is 0 Å². The van der Waals surface area contributed by atoms with Gasteiger partial charge in [-0.1, -0.05) is 30.3 Å². The predicted octanol–water partition coefficient (Wildman–Crippen LogP) is 3.82. The Morgan fingerprint density at radius 2 is 1.86 bits per heavy atom. The summed E-state index contributed by atoms with van der Waals surface area (Å²) in [6, 6.07) is 19.3. The lowest BCUT2D eigenvalue weighted by Crippen LogP contribution is -2.23. The van der Waals surface area contributed by atoms with Gasteiger partial charge in [0, 0.05) is 18.3 Å². The van der Waals surface area contributed by atoms with Crippen molar-refractivity contribution in [2.45, 2.75) is 31.8 Å². The van der Waals surface area contributed by atoms with Gasteiger partial charge < -0.3 is 15.4 Å². The van der Waals surface area contributed by atoms with Gasteiger partial charge in [-0.25, -0.2) is 0 Å². The van der Waals surface area contributed by atoms with E-state index in [1.165, 1.54) is 18.4 Å². The van der Waals surface area contributed by atoms with Crippen LogP contribution in [0.5, 0.6) is 5.75 Å². The molecule has 2 aromatic carbocycles. The molecule has 0 aromatic heterocycles. The molecule has 0 amide bonds. The average molecular weight is 296 g/mol. The first-order valence-corrected chi connectivity index (χ1v) is 8.14. The zero-order valence-corrected chi connectivity index (χ0v) is 12.9. The maximum absolute atomic E-state index is 5.82. The average Bonchev–Trinajstić information content (AvgIpc) is 3.08. The van der Waals surface area contributed by atoms with Gasteiger partial charge in [-0.2, -0.15) is 0 Å². The van der Waals surface area contributed by atoms with Gasteiger partial charge in [0.2, 0.25) is 0 Å². The van der Waals surface area contributed by atoms with E-state index in [2.05, 4.69) is 47.0 Å². The fourth-order valence-corrected chi connectivity index (χ4v) is 2.79. The molecule has 2 N–H and O–H groups in total. The van der Waals surface area contributed by atoms with Crippen molar-refractivity contribution in [2.75, 3.05) is 18.5 Å². The topological polar surface area (TPSA) is 33.3 Å². The van der Waals surface area contributed by atoms with E-state index >= 15 is 0 Å². The van der Waals surface area contributed by atoms with Crippen molar-refractivity contribution in [2.24, 2.45) is 0 Å². The van der Waals surface area contributed by atoms with Crippen LogP contribution < -0.4 is 15.4 Å². The maximum Gasteiger partial charge on any atom is 0.119 e. The van der Waals surface area contributed by atoms with E-state index in [4.69, 9.17) is 4.74 Å². The molecule has 3 rings (SSSR count). The summed E-state index contributed by atoms with van der Waals surface area (Å²) in [6.07, 6.45) is 3.67. The largest absolute Gasteiger partial charge is 0.494 e. The monoisotopic (exact) mass is 296 g/mol. The zero-order valence-electron chi connectivity index (χ0n) is 12.9. The van der Waals surface area contributed by atoms with Gasteiger partial charge in [-0.3, -0.25) is 0 Å². The Labute approximate surface area is 132 Å². The second-order valence-electron chi connectivity index (χ2n) is 5.79. The fourth-order valence-electron chi connectivity index (χ4n) is 2.79. The van der Waals surface area contributed by atoms with E-state index in [9.17, 15) is 0 Å². The van der Waals surface area contributed by atoms with Crippen molar-refractivity contribution in [1.82, 2.24) is 5.32 Å². The molecule has 0 aliphatic carbocycles. The number of anilines is 1. The number of ether oxygens (including phenoxy) is 1. The molecule has 22 heavy (non-hydrogen) atoms. The Balaban J connectivity index is 1.41. The minimum Gasteiger partial charge on any atom is -0.494 e. The predicted molar refractivity (Wildman–Crippen MR) is 91.3 cm³/mol. The highest BCUT2D eigenvalue weighted by Crippen LogP contribution is 2.17. The first-order chi connectivity index (χ1) is 10.9. The van der Waals surface area contributed by atoms with E-state index in [-0.39, 0.29) is 0 Å². The number of nitrogens with one attached hydrogen (secondary N) is 2. The molecule has 2 aromatic rings. The van der Waals surface area contributed by atoms with Crippen molar-refractivity contribution in [3.63, 3.8) is 0 Å². The molecule has 3 nitrogen and oxygen atoms in total. The van der Waals surface area contributed by atoms with Crippen LogP contribution in [-0.4, -0.2) is 19.2 Å². The summed E-state index contributed by atoms with van der Waals surface area (Å²) in [5.74, 6) is 0.947. The minimum atomic E-state index is 0.645. The van der Waals surface area contributed by atoms with Gasteiger partial charge in [-0.05, 0) is 55.6 Å². The SMILES string of the molecule is c1ccc(CNc2ccc(OCC[C@H]3CCCN3)cc2)cc1. The molecule has 0 bridgehead atoms. The van der Waals surface area contributed by atoms with E-state index in [1.807, 2.05) is 18.2 Å². The van der Waals surface area contributed by atoms with Gasteiger partial charge in [0.1, 0.15) is 5.75 Å². The molecular formula is C19H24N2O. The van der Waals surface area contributed by atoms with Gasteiger partial charge in [0.05, 0.1) is 6.61 Å². The molecule has 1 atom stereocenters. The number of rotatable bonds is 7. The van der Waals surface area contributed by atoms with Gasteiger partial charge in [0.15, 0.2) is 0 Å². The highest BCUT2D eigenvalue weighted by atomic mass is 16.5. The highest BCUT2D eigenvalue weighted by molar-refractivity contribution is 5.46. The van der Waals surface area contributed by atoms with Crippen molar-refractivity contribution >= 4 is 5.69 Å². The normalized spacial score (nSPS) is 17.4. The lowest BCUT2D eigenvalue weighted by Gasteiger charge is -2.12. The van der Waals surface area contributed by atoms with Crippen LogP contribution in [0.15, 0.2) is 54.6 Å². The molecule has 0 unspecified atom stereocenters. The summed E-state index contributed by atoms with van der Waals surface area (Å²) in [4.78, 5) is 0. The number of hydrogen-bond donors (Lipinski definition) is 2. The molecule has 1 saturated heterocycles. The molecule has 0 saturated carbocycles. The van der Waals surface area contributed by atoms with Crippen molar-refractivity contribution in [3.8, 4) is 5.75 Å². The molecule has 0 radical (unpaired) electrons. The van der Waals surface area contributed by atoms with Crippen LogP contribution in [0.3, 0.4) is 0 Å². The van der Waals surface area contributed by atoms with E-state index in [0.717, 1.165) is 37.6 Å². The Morgan fingerprint density at radius 3 is 2.59 bits per heavy atom. The second-order valence-corrected chi connectivity index (χ2v) is 5.79. The van der Waals surface area contributed by atoms with Crippen LogP contribution in [0, 0.1) is 0 Å². The summed E-state index contributed by atoms with van der Waals surface area (Å²) in [7, 11) is 0. The number of benzene rings is 2. The van der Waals surface area contributed by atoms with Crippen molar-refractivity contribution in [1.29, 1.82) is 0 Å². The van der Waals surface area contributed by atoms with E-state index in [1.54, 1.807) is 0 Å². The standard InChI is InChI=1S/C19H24N2O/c1-2-5-16(6-3-1)15-21-18-8-10-19(11-9-18)22-14-12-17-7-4-13-20-17/h1-3,5-6,8-11,17,20-21H,4,7,12-15H2/t17-/m1/s1. The molecular weight excluding hydrogens is 272 g/mol. The van der Waals surface area contributed by atoms with Crippen LogP contribution in [0.2, 0.25) is 0 Å². The van der Waals surface area contributed by atoms with Crippen LogP contribution in [0.25, 0.3) is 0 Å². The molecule has 1 aliphatic rings. The fraction of sp³-hybridized carbons (Fsp3) is 0.368.